The minimum atomic E-state index is -0.113. The minimum Gasteiger partial charge on any atom is -0.508 e. The maximum atomic E-state index is 13.6. The number of likely N-dealkylation sites (tertiary alicyclic amines) is 2. The Hall–Kier alpha value is -2.82. The van der Waals surface area contributed by atoms with E-state index in [1.807, 2.05) is 40.1 Å². The fourth-order valence-electron chi connectivity index (χ4n) is 6.18. The summed E-state index contributed by atoms with van der Waals surface area (Å²) < 4.78 is 0. The van der Waals surface area contributed by atoms with E-state index in [2.05, 4.69) is 26.8 Å². The molecular formula is C27H32N2O3. The minimum absolute atomic E-state index is 0.0245. The Morgan fingerprint density at radius 2 is 1.84 bits per heavy atom. The third-order valence-electron chi connectivity index (χ3n) is 8.63. The Labute approximate surface area is 190 Å². The van der Waals surface area contributed by atoms with Gasteiger partial charge in [0.15, 0.2) is 0 Å². The topological polar surface area (TPSA) is 60.9 Å². The molecule has 5 rings (SSSR count). The van der Waals surface area contributed by atoms with Crippen molar-refractivity contribution >= 4 is 11.8 Å². The molecule has 1 aliphatic carbocycles. The van der Waals surface area contributed by atoms with E-state index in [4.69, 9.17) is 0 Å². The standard InChI is InChI=1S/C27H32N2O3/c1-26(2)23-16-20-21(6-4-7-22(20)30)27(26,3)13-15-29(23)25(32)19-11-9-18(10-12-19)17-28-14-5-8-24(28)31/h4,6-7,9-12,23,30H,5,8,13-17H2,1-3H3/t23?,27-/m0/s1. The average molecular weight is 433 g/mol. The van der Waals surface area contributed by atoms with Gasteiger partial charge in [-0.1, -0.05) is 45.0 Å². The average Bonchev–Trinajstić information content (AvgIpc) is 3.16. The van der Waals surface area contributed by atoms with Gasteiger partial charge in [0.1, 0.15) is 5.75 Å². The summed E-state index contributed by atoms with van der Waals surface area (Å²) in [5.41, 5.74) is 3.75. The van der Waals surface area contributed by atoms with Gasteiger partial charge in [-0.25, -0.2) is 0 Å². The molecular weight excluding hydrogens is 400 g/mol. The van der Waals surface area contributed by atoms with Gasteiger partial charge in [-0.2, -0.15) is 0 Å². The predicted octanol–water partition coefficient (Wildman–Crippen LogP) is 4.27. The summed E-state index contributed by atoms with van der Waals surface area (Å²) in [5.74, 6) is 0.599. The van der Waals surface area contributed by atoms with Crippen molar-refractivity contribution in [3.05, 3.63) is 64.7 Å². The van der Waals surface area contributed by atoms with E-state index in [0.717, 1.165) is 30.5 Å². The second-order valence-electron chi connectivity index (χ2n) is 10.4. The summed E-state index contributed by atoms with van der Waals surface area (Å²) in [6.45, 7) is 8.95. The molecule has 0 saturated carbocycles. The fraction of sp³-hybridized carbons (Fsp3) is 0.481. The largest absolute Gasteiger partial charge is 0.508 e. The van der Waals surface area contributed by atoms with Crippen LogP contribution in [0.4, 0.5) is 0 Å². The number of benzene rings is 2. The van der Waals surface area contributed by atoms with Crippen molar-refractivity contribution in [3.8, 4) is 5.75 Å². The highest BCUT2D eigenvalue weighted by Crippen LogP contribution is 2.57. The molecule has 168 valence electrons. The number of hydrogen-bond acceptors (Lipinski definition) is 3. The molecule has 2 aliphatic heterocycles. The number of phenolic OH excluding ortho intramolecular Hbond substituents is 1. The second kappa shape index (κ2) is 7.36. The first-order chi connectivity index (χ1) is 15.2. The number of carbonyl (C=O) groups is 2. The highest BCUT2D eigenvalue weighted by molar-refractivity contribution is 5.94. The number of nitrogens with zero attached hydrogens (tertiary/aromatic N) is 2. The summed E-state index contributed by atoms with van der Waals surface area (Å²) in [6, 6.07) is 13.6. The molecule has 2 heterocycles. The lowest BCUT2D eigenvalue weighted by Gasteiger charge is -2.60. The molecule has 5 nitrogen and oxygen atoms in total. The van der Waals surface area contributed by atoms with Gasteiger partial charge < -0.3 is 14.9 Å². The van der Waals surface area contributed by atoms with E-state index in [1.165, 1.54) is 5.56 Å². The number of amides is 2. The van der Waals surface area contributed by atoms with Gasteiger partial charge in [0, 0.05) is 43.1 Å². The van der Waals surface area contributed by atoms with Crippen LogP contribution in [0.25, 0.3) is 0 Å². The molecule has 0 spiro atoms. The summed E-state index contributed by atoms with van der Waals surface area (Å²) >= 11 is 0. The van der Waals surface area contributed by atoms with Gasteiger partial charge in [0.05, 0.1) is 0 Å². The summed E-state index contributed by atoms with van der Waals surface area (Å²) in [6.07, 6.45) is 3.11. The van der Waals surface area contributed by atoms with E-state index in [0.29, 0.717) is 37.2 Å². The van der Waals surface area contributed by atoms with Crippen LogP contribution in [0.2, 0.25) is 0 Å². The van der Waals surface area contributed by atoms with Gasteiger partial charge in [-0.05, 0) is 59.6 Å². The van der Waals surface area contributed by atoms with E-state index >= 15 is 0 Å². The third kappa shape index (κ3) is 3.05. The van der Waals surface area contributed by atoms with Gasteiger partial charge >= 0.3 is 0 Å². The molecule has 2 fully saturated rings. The van der Waals surface area contributed by atoms with Crippen molar-refractivity contribution in [2.45, 2.75) is 64.5 Å². The SMILES string of the molecule is CC1(C)C2Cc3c(O)cccc3[C@]1(C)CCN2C(=O)c1ccc(CN2CCCC2=O)cc1. The van der Waals surface area contributed by atoms with Crippen LogP contribution in [0.1, 0.15) is 67.1 Å². The van der Waals surface area contributed by atoms with Crippen LogP contribution in [0, 0.1) is 5.41 Å². The van der Waals surface area contributed by atoms with Gasteiger partial charge in [-0.3, -0.25) is 9.59 Å². The number of fused-ring (bicyclic) bond motifs is 4. The number of phenols is 1. The number of aromatic hydroxyl groups is 1. The molecule has 2 aromatic rings. The molecule has 1 N–H and O–H groups in total. The molecule has 5 heteroatoms. The van der Waals surface area contributed by atoms with Crippen LogP contribution in [0.3, 0.4) is 0 Å². The maximum Gasteiger partial charge on any atom is 0.254 e. The quantitative estimate of drug-likeness (QED) is 0.788. The van der Waals surface area contributed by atoms with Crippen LogP contribution in [0.15, 0.2) is 42.5 Å². The Morgan fingerprint density at radius 3 is 2.53 bits per heavy atom. The van der Waals surface area contributed by atoms with Crippen molar-refractivity contribution < 1.29 is 14.7 Å². The van der Waals surface area contributed by atoms with Crippen LogP contribution >= 0.6 is 0 Å². The Balaban J connectivity index is 1.41. The van der Waals surface area contributed by atoms with E-state index in [1.54, 1.807) is 6.07 Å². The number of piperidine rings is 1. The monoisotopic (exact) mass is 432 g/mol. The zero-order valence-corrected chi connectivity index (χ0v) is 19.2. The summed E-state index contributed by atoms with van der Waals surface area (Å²) in [5, 5.41) is 10.6. The van der Waals surface area contributed by atoms with Crippen molar-refractivity contribution in [2.24, 2.45) is 5.41 Å². The smallest absolute Gasteiger partial charge is 0.254 e. The first kappa shape index (κ1) is 21.0. The van der Waals surface area contributed by atoms with Crippen LogP contribution in [-0.4, -0.2) is 45.9 Å². The van der Waals surface area contributed by atoms with Gasteiger partial charge in [-0.15, -0.1) is 0 Å². The number of carbonyl (C=O) groups excluding carboxylic acids is 2. The van der Waals surface area contributed by atoms with Crippen molar-refractivity contribution in [1.29, 1.82) is 0 Å². The normalized spacial score (nSPS) is 26.2. The fourth-order valence-corrected chi connectivity index (χ4v) is 6.18. The zero-order chi connectivity index (χ0) is 22.7. The Bertz CT molecular complexity index is 1070. The molecule has 1 unspecified atom stereocenters. The Morgan fingerprint density at radius 1 is 1.09 bits per heavy atom. The molecule has 0 radical (unpaired) electrons. The Kier molecular flexibility index (Phi) is 4.84. The lowest BCUT2D eigenvalue weighted by atomic mass is 9.51. The number of rotatable bonds is 3. The van der Waals surface area contributed by atoms with Crippen molar-refractivity contribution in [3.63, 3.8) is 0 Å². The van der Waals surface area contributed by atoms with Crippen LogP contribution in [-0.2, 0) is 23.2 Å². The highest BCUT2D eigenvalue weighted by Gasteiger charge is 2.57. The summed E-state index contributed by atoms with van der Waals surface area (Å²) in [7, 11) is 0. The molecule has 2 bridgehead atoms. The first-order valence-electron chi connectivity index (χ1n) is 11.7. The zero-order valence-electron chi connectivity index (χ0n) is 19.2. The highest BCUT2D eigenvalue weighted by atomic mass is 16.3. The molecule has 2 saturated heterocycles. The van der Waals surface area contributed by atoms with Crippen LogP contribution in [0.5, 0.6) is 5.75 Å². The molecule has 2 aromatic carbocycles. The lowest BCUT2D eigenvalue weighted by molar-refractivity contribution is -0.128. The molecule has 0 aromatic heterocycles. The second-order valence-corrected chi connectivity index (χ2v) is 10.4. The van der Waals surface area contributed by atoms with Gasteiger partial charge in [0.25, 0.3) is 5.91 Å². The predicted molar refractivity (Wildman–Crippen MR) is 123 cm³/mol. The summed E-state index contributed by atoms with van der Waals surface area (Å²) in [4.78, 5) is 29.4. The van der Waals surface area contributed by atoms with Crippen molar-refractivity contribution in [1.82, 2.24) is 9.80 Å². The number of hydrogen-bond donors (Lipinski definition) is 1. The van der Waals surface area contributed by atoms with E-state index < -0.39 is 0 Å². The third-order valence-corrected chi connectivity index (χ3v) is 8.63. The lowest BCUT2D eigenvalue weighted by Crippen LogP contribution is -2.64. The molecule has 3 aliphatic rings. The van der Waals surface area contributed by atoms with Gasteiger partial charge in [0.2, 0.25) is 5.91 Å². The molecule has 32 heavy (non-hydrogen) atoms. The molecule has 2 amide bonds. The van der Waals surface area contributed by atoms with E-state index in [-0.39, 0.29) is 28.7 Å². The van der Waals surface area contributed by atoms with Crippen molar-refractivity contribution in [2.75, 3.05) is 13.1 Å². The van der Waals surface area contributed by atoms with Crippen LogP contribution < -0.4 is 0 Å². The van der Waals surface area contributed by atoms with E-state index in [9.17, 15) is 14.7 Å². The maximum absolute atomic E-state index is 13.6. The first-order valence-corrected chi connectivity index (χ1v) is 11.7. The molecule has 2 atom stereocenters.